The molecular formula is C26H27F3O. The number of halogens is 3. The highest BCUT2D eigenvalue weighted by Crippen LogP contribution is 2.30. The van der Waals surface area contributed by atoms with Crippen molar-refractivity contribution in [3.63, 3.8) is 0 Å². The number of unbranched alkanes of at least 4 members (excludes halogenated alkanes) is 2. The summed E-state index contributed by atoms with van der Waals surface area (Å²) in [5.74, 6) is -2.09. The van der Waals surface area contributed by atoms with Crippen LogP contribution >= 0.6 is 0 Å². The topological polar surface area (TPSA) is 9.23 Å². The van der Waals surface area contributed by atoms with Gasteiger partial charge in [-0.3, -0.25) is 0 Å². The molecule has 3 rings (SSSR count). The lowest BCUT2D eigenvalue weighted by molar-refractivity contribution is 0.286. The molecule has 0 fully saturated rings. The van der Waals surface area contributed by atoms with Crippen molar-refractivity contribution in [1.82, 2.24) is 0 Å². The highest BCUT2D eigenvalue weighted by Gasteiger charge is 2.15. The molecule has 3 aromatic rings. The fraction of sp³-hybridized carbons (Fsp3) is 0.308. The van der Waals surface area contributed by atoms with E-state index in [4.69, 9.17) is 4.74 Å². The minimum atomic E-state index is -0.950. The molecule has 4 heteroatoms. The lowest BCUT2D eigenvalue weighted by Crippen LogP contribution is -2.01. The van der Waals surface area contributed by atoms with Crippen LogP contribution in [0.1, 0.15) is 42.9 Å². The zero-order valence-electron chi connectivity index (χ0n) is 17.5. The largest absolute Gasteiger partial charge is 0.490 e. The summed E-state index contributed by atoms with van der Waals surface area (Å²) in [5.41, 5.74) is 3.44. The van der Waals surface area contributed by atoms with E-state index >= 15 is 0 Å². The Bertz CT molecular complexity index is 980. The Morgan fingerprint density at radius 1 is 0.767 bits per heavy atom. The number of ether oxygens (including phenoxy) is 1. The number of benzene rings is 3. The van der Waals surface area contributed by atoms with Crippen LogP contribution in [0.2, 0.25) is 0 Å². The molecule has 30 heavy (non-hydrogen) atoms. The first-order valence-electron chi connectivity index (χ1n) is 10.4. The summed E-state index contributed by atoms with van der Waals surface area (Å²) < 4.78 is 48.0. The normalized spacial score (nSPS) is 11.0. The molecule has 158 valence electrons. The predicted octanol–water partition coefficient (Wildman–Crippen LogP) is 7.43. The molecule has 0 N–H and O–H groups in total. The van der Waals surface area contributed by atoms with Gasteiger partial charge in [-0.25, -0.2) is 8.78 Å². The van der Waals surface area contributed by atoms with E-state index in [-0.39, 0.29) is 17.1 Å². The van der Waals surface area contributed by atoms with Crippen molar-refractivity contribution < 1.29 is 17.9 Å². The summed E-state index contributed by atoms with van der Waals surface area (Å²) in [5, 5.41) is 0. The third kappa shape index (κ3) is 5.44. The standard InChI is InChI=1S/C26H27F3O/c1-3-4-5-16-30-24-15-14-22(25(28)26(24)29)21-12-10-19(11-13-21)8-9-20-7-6-18(2)23(27)17-20/h6-7,10-15,17H,3-5,8-9,16H2,1-2H3. The number of rotatable bonds is 9. The van der Waals surface area contributed by atoms with Crippen molar-refractivity contribution in [3.05, 3.63) is 88.7 Å². The summed E-state index contributed by atoms with van der Waals surface area (Å²) in [6.07, 6.45) is 4.30. The van der Waals surface area contributed by atoms with Crippen molar-refractivity contribution in [2.75, 3.05) is 6.61 Å². The van der Waals surface area contributed by atoms with Gasteiger partial charge in [-0.1, -0.05) is 56.2 Å². The first kappa shape index (κ1) is 21.9. The molecule has 0 bridgehead atoms. The van der Waals surface area contributed by atoms with Crippen LogP contribution in [0, 0.1) is 24.4 Å². The van der Waals surface area contributed by atoms with Gasteiger partial charge in [-0.05, 0) is 66.6 Å². The van der Waals surface area contributed by atoms with E-state index in [1.165, 1.54) is 6.07 Å². The molecule has 0 atom stereocenters. The van der Waals surface area contributed by atoms with Gasteiger partial charge in [0.1, 0.15) is 5.82 Å². The van der Waals surface area contributed by atoms with Crippen LogP contribution in [0.5, 0.6) is 5.75 Å². The van der Waals surface area contributed by atoms with Crippen molar-refractivity contribution >= 4 is 0 Å². The predicted molar refractivity (Wildman–Crippen MR) is 115 cm³/mol. The molecule has 0 unspecified atom stereocenters. The maximum absolute atomic E-state index is 14.6. The molecule has 0 spiro atoms. The van der Waals surface area contributed by atoms with Crippen LogP contribution in [0.3, 0.4) is 0 Å². The summed E-state index contributed by atoms with van der Waals surface area (Å²) in [7, 11) is 0. The van der Waals surface area contributed by atoms with Crippen LogP contribution in [0.15, 0.2) is 54.6 Å². The Morgan fingerprint density at radius 3 is 2.17 bits per heavy atom. The average molecular weight is 412 g/mol. The van der Waals surface area contributed by atoms with Gasteiger partial charge in [0.25, 0.3) is 0 Å². The quantitative estimate of drug-likeness (QED) is 0.332. The van der Waals surface area contributed by atoms with Gasteiger partial charge in [0.05, 0.1) is 6.61 Å². The van der Waals surface area contributed by atoms with E-state index in [0.29, 0.717) is 24.2 Å². The van der Waals surface area contributed by atoms with Gasteiger partial charge in [-0.15, -0.1) is 0 Å². The van der Waals surface area contributed by atoms with Gasteiger partial charge in [0.2, 0.25) is 5.82 Å². The van der Waals surface area contributed by atoms with Crippen molar-refractivity contribution in [2.45, 2.75) is 46.0 Å². The van der Waals surface area contributed by atoms with Gasteiger partial charge >= 0.3 is 0 Å². The summed E-state index contributed by atoms with van der Waals surface area (Å²) >= 11 is 0. The van der Waals surface area contributed by atoms with Crippen molar-refractivity contribution in [3.8, 4) is 16.9 Å². The minimum absolute atomic E-state index is 0.0469. The molecule has 0 radical (unpaired) electrons. The van der Waals surface area contributed by atoms with E-state index in [1.807, 2.05) is 18.2 Å². The second-order valence-corrected chi connectivity index (χ2v) is 7.58. The van der Waals surface area contributed by atoms with Gasteiger partial charge in [-0.2, -0.15) is 4.39 Å². The van der Waals surface area contributed by atoms with Crippen LogP contribution in [0.25, 0.3) is 11.1 Å². The van der Waals surface area contributed by atoms with Crippen molar-refractivity contribution in [2.24, 2.45) is 0 Å². The monoisotopic (exact) mass is 412 g/mol. The molecule has 0 aliphatic carbocycles. The Balaban J connectivity index is 1.66. The third-order valence-electron chi connectivity index (χ3n) is 5.26. The SMILES string of the molecule is CCCCCOc1ccc(-c2ccc(CCc3ccc(C)c(F)c3)cc2)c(F)c1F. The molecule has 3 aromatic carbocycles. The molecule has 0 saturated heterocycles. The first-order chi connectivity index (χ1) is 14.5. The fourth-order valence-electron chi connectivity index (χ4n) is 3.33. The zero-order valence-corrected chi connectivity index (χ0v) is 17.5. The minimum Gasteiger partial charge on any atom is -0.490 e. The number of hydrogen-bond donors (Lipinski definition) is 0. The first-order valence-corrected chi connectivity index (χ1v) is 10.4. The lowest BCUT2D eigenvalue weighted by Gasteiger charge is -2.11. The fourth-order valence-corrected chi connectivity index (χ4v) is 3.33. The molecule has 0 aliphatic heterocycles. The van der Waals surface area contributed by atoms with Gasteiger partial charge in [0.15, 0.2) is 11.6 Å². The van der Waals surface area contributed by atoms with E-state index < -0.39 is 11.6 Å². The second-order valence-electron chi connectivity index (χ2n) is 7.58. The van der Waals surface area contributed by atoms with Crippen molar-refractivity contribution in [1.29, 1.82) is 0 Å². The second kappa shape index (κ2) is 10.3. The summed E-state index contributed by atoms with van der Waals surface area (Å²) in [4.78, 5) is 0. The highest BCUT2D eigenvalue weighted by atomic mass is 19.2. The zero-order chi connectivity index (χ0) is 21.5. The molecule has 0 heterocycles. The molecule has 0 amide bonds. The Hall–Kier alpha value is -2.75. The highest BCUT2D eigenvalue weighted by molar-refractivity contribution is 5.65. The van der Waals surface area contributed by atoms with Crippen LogP contribution < -0.4 is 4.74 Å². The lowest BCUT2D eigenvalue weighted by atomic mass is 9.99. The Kier molecular flexibility index (Phi) is 7.56. The Labute approximate surface area is 176 Å². The molecule has 0 aromatic heterocycles. The molecule has 1 nitrogen and oxygen atoms in total. The van der Waals surface area contributed by atoms with Gasteiger partial charge in [0, 0.05) is 5.56 Å². The molecular weight excluding hydrogens is 385 g/mol. The average Bonchev–Trinajstić information content (AvgIpc) is 2.75. The third-order valence-corrected chi connectivity index (χ3v) is 5.26. The van der Waals surface area contributed by atoms with Crippen LogP contribution in [0.4, 0.5) is 13.2 Å². The van der Waals surface area contributed by atoms with Crippen LogP contribution in [-0.2, 0) is 12.8 Å². The molecule has 0 saturated carbocycles. The van der Waals surface area contributed by atoms with E-state index in [0.717, 1.165) is 36.8 Å². The van der Waals surface area contributed by atoms with Gasteiger partial charge < -0.3 is 4.74 Å². The maximum Gasteiger partial charge on any atom is 0.201 e. The maximum atomic E-state index is 14.6. The Morgan fingerprint density at radius 2 is 1.47 bits per heavy atom. The number of aryl methyl sites for hydroxylation is 3. The summed E-state index contributed by atoms with van der Waals surface area (Å²) in [6.45, 7) is 4.19. The van der Waals surface area contributed by atoms with Crippen LogP contribution in [-0.4, -0.2) is 6.61 Å². The smallest absolute Gasteiger partial charge is 0.201 e. The van der Waals surface area contributed by atoms with E-state index in [9.17, 15) is 13.2 Å². The number of hydrogen-bond acceptors (Lipinski definition) is 1. The van der Waals surface area contributed by atoms with E-state index in [2.05, 4.69) is 6.92 Å². The molecule has 0 aliphatic rings. The summed E-state index contributed by atoms with van der Waals surface area (Å²) in [6, 6.07) is 15.7. The van der Waals surface area contributed by atoms with E-state index in [1.54, 1.807) is 37.3 Å².